The number of rotatable bonds is 4. The summed E-state index contributed by atoms with van der Waals surface area (Å²) in [6.45, 7) is 6.15. The SMILES string of the molecule is CCOC(=O)CC(C)n1ccnc1C. The Morgan fingerprint density at radius 2 is 2.43 bits per heavy atom. The lowest BCUT2D eigenvalue weighted by atomic mass is 10.2. The number of imidazole rings is 1. The molecule has 0 saturated heterocycles. The molecule has 0 bridgehead atoms. The standard InChI is InChI=1S/C10H16N2O2/c1-4-14-10(13)7-8(2)12-6-5-11-9(12)3/h5-6,8H,4,7H2,1-3H3. The van der Waals surface area contributed by atoms with Crippen LogP contribution in [0.2, 0.25) is 0 Å². The van der Waals surface area contributed by atoms with Crippen LogP contribution < -0.4 is 0 Å². The molecule has 0 aliphatic carbocycles. The molecule has 0 saturated carbocycles. The Kier molecular flexibility index (Phi) is 3.68. The molecule has 0 N–H and O–H groups in total. The smallest absolute Gasteiger partial charge is 0.307 e. The summed E-state index contributed by atoms with van der Waals surface area (Å²) in [6.07, 6.45) is 4.00. The van der Waals surface area contributed by atoms with Crippen LogP contribution in [-0.2, 0) is 9.53 Å². The van der Waals surface area contributed by atoms with E-state index < -0.39 is 0 Å². The molecule has 0 aliphatic heterocycles. The molecule has 0 aliphatic rings. The van der Waals surface area contributed by atoms with E-state index in [0.29, 0.717) is 13.0 Å². The van der Waals surface area contributed by atoms with Crippen LogP contribution in [0.15, 0.2) is 12.4 Å². The fraction of sp³-hybridized carbons (Fsp3) is 0.600. The molecule has 1 unspecified atom stereocenters. The van der Waals surface area contributed by atoms with Gasteiger partial charge in [-0.05, 0) is 20.8 Å². The quantitative estimate of drug-likeness (QED) is 0.688. The number of carbonyl (C=O) groups is 1. The Morgan fingerprint density at radius 1 is 1.71 bits per heavy atom. The zero-order valence-electron chi connectivity index (χ0n) is 8.86. The van der Waals surface area contributed by atoms with Gasteiger partial charge in [0.2, 0.25) is 0 Å². The minimum Gasteiger partial charge on any atom is -0.466 e. The molecule has 0 aromatic carbocycles. The fourth-order valence-electron chi connectivity index (χ4n) is 1.41. The van der Waals surface area contributed by atoms with Crippen LogP contribution in [-0.4, -0.2) is 22.1 Å². The summed E-state index contributed by atoms with van der Waals surface area (Å²) >= 11 is 0. The second-order valence-corrected chi connectivity index (χ2v) is 3.24. The highest BCUT2D eigenvalue weighted by Gasteiger charge is 2.12. The lowest BCUT2D eigenvalue weighted by Crippen LogP contribution is -2.13. The molecular weight excluding hydrogens is 180 g/mol. The van der Waals surface area contributed by atoms with E-state index in [-0.39, 0.29) is 12.0 Å². The largest absolute Gasteiger partial charge is 0.466 e. The third-order valence-electron chi connectivity index (χ3n) is 2.10. The van der Waals surface area contributed by atoms with Gasteiger partial charge in [0.05, 0.1) is 13.0 Å². The van der Waals surface area contributed by atoms with Gasteiger partial charge in [-0.1, -0.05) is 0 Å². The Balaban J connectivity index is 2.54. The van der Waals surface area contributed by atoms with E-state index in [1.165, 1.54) is 0 Å². The fourth-order valence-corrected chi connectivity index (χ4v) is 1.41. The molecule has 78 valence electrons. The van der Waals surface area contributed by atoms with Crippen molar-refractivity contribution in [3.8, 4) is 0 Å². The minimum atomic E-state index is -0.159. The molecule has 1 aromatic heterocycles. The number of hydrogen-bond donors (Lipinski definition) is 0. The van der Waals surface area contributed by atoms with E-state index in [0.717, 1.165) is 5.82 Å². The van der Waals surface area contributed by atoms with Gasteiger partial charge in [0, 0.05) is 18.4 Å². The molecule has 1 atom stereocenters. The summed E-state index contributed by atoms with van der Waals surface area (Å²) in [6, 6.07) is 0.108. The number of carbonyl (C=O) groups excluding carboxylic acids is 1. The highest BCUT2D eigenvalue weighted by molar-refractivity contribution is 5.69. The van der Waals surface area contributed by atoms with Gasteiger partial charge < -0.3 is 9.30 Å². The van der Waals surface area contributed by atoms with Crippen molar-refractivity contribution in [2.24, 2.45) is 0 Å². The van der Waals surface area contributed by atoms with E-state index in [2.05, 4.69) is 4.98 Å². The molecule has 4 heteroatoms. The number of esters is 1. The van der Waals surface area contributed by atoms with Gasteiger partial charge in [0.1, 0.15) is 5.82 Å². The molecular formula is C10H16N2O2. The molecule has 0 amide bonds. The molecule has 1 heterocycles. The van der Waals surface area contributed by atoms with E-state index in [4.69, 9.17) is 4.74 Å². The van der Waals surface area contributed by atoms with E-state index >= 15 is 0 Å². The van der Waals surface area contributed by atoms with Crippen molar-refractivity contribution in [3.05, 3.63) is 18.2 Å². The highest BCUT2D eigenvalue weighted by atomic mass is 16.5. The number of hydrogen-bond acceptors (Lipinski definition) is 3. The van der Waals surface area contributed by atoms with Crippen molar-refractivity contribution < 1.29 is 9.53 Å². The Bertz CT molecular complexity index is 307. The summed E-state index contributed by atoms with van der Waals surface area (Å²) in [4.78, 5) is 15.3. The first kappa shape index (κ1) is 10.8. The van der Waals surface area contributed by atoms with E-state index in [1.807, 2.05) is 31.5 Å². The third-order valence-corrected chi connectivity index (χ3v) is 2.10. The van der Waals surface area contributed by atoms with Gasteiger partial charge >= 0.3 is 5.97 Å². The van der Waals surface area contributed by atoms with Crippen molar-refractivity contribution >= 4 is 5.97 Å². The first-order valence-electron chi connectivity index (χ1n) is 4.80. The molecule has 0 radical (unpaired) electrons. The Labute approximate surface area is 83.9 Å². The summed E-state index contributed by atoms with van der Waals surface area (Å²) in [5.74, 6) is 0.759. The molecule has 1 aromatic rings. The number of aromatic nitrogens is 2. The first-order valence-corrected chi connectivity index (χ1v) is 4.80. The zero-order chi connectivity index (χ0) is 10.6. The van der Waals surface area contributed by atoms with Crippen LogP contribution in [0.4, 0.5) is 0 Å². The monoisotopic (exact) mass is 196 g/mol. The van der Waals surface area contributed by atoms with Crippen LogP contribution in [0.5, 0.6) is 0 Å². The maximum absolute atomic E-state index is 11.2. The van der Waals surface area contributed by atoms with Crippen molar-refractivity contribution in [3.63, 3.8) is 0 Å². The average Bonchev–Trinajstić information content (AvgIpc) is 2.51. The van der Waals surface area contributed by atoms with Crippen molar-refractivity contribution in [1.82, 2.24) is 9.55 Å². The Morgan fingerprint density at radius 3 is 2.93 bits per heavy atom. The van der Waals surface area contributed by atoms with Gasteiger partial charge in [-0.15, -0.1) is 0 Å². The van der Waals surface area contributed by atoms with Gasteiger partial charge in [-0.2, -0.15) is 0 Å². The lowest BCUT2D eigenvalue weighted by molar-refractivity contribution is -0.143. The molecule has 14 heavy (non-hydrogen) atoms. The Hall–Kier alpha value is -1.32. The maximum atomic E-state index is 11.2. The zero-order valence-corrected chi connectivity index (χ0v) is 8.86. The first-order chi connectivity index (χ1) is 6.65. The number of aryl methyl sites for hydroxylation is 1. The summed E-state index contributed by atoms with van der Waals surface area (Å²) in [7, 11) is 0. The van der Waals surface area contributed by atoms with Crippen LogP contribution >= 0.6 is 0 Å². The lowest BCUT2D eigenvalue weighted by Gasteiger charge is -2.13. The van der Waals surface area contributed by atoms with Crippen LogP contribution in [0.1, 0.15) is 32.1 Å². The molecule has 1 rings (SSSR count). The summed E-state index contributed by atoms with van der Waals surface area (Å²) in [5.41, 5.74) is 0. The van der Waals surface area contributed by atoms with Crippen molar-refractivity contribution in [1.29, 1.82) is 0 Å². The maximum Gasteiger partial charge on any atom is 0.307 e. The van der Waals surface area contributed by atoms with Gasteiger partial charge in [0.15, 0.2) is 0 Å². The van der Waals surface area contributed by atoms with E-state index in [9.17, 15) is 4.79 Å². The van der Waals surface area contributed by atoms with E-state index in [1.54, 1.807) is 6.20 Å². The van der Waals surface area contributed by atoms with Gasteiger partial charge in [0.25, 0.3) is 0 Å². The van der Waals surface area contributed by atoms with Gasteiger partial charge in [-0.25, -0.2) is 4.98 Å². The topological polar surface area (TPSA) is 44.1 Å². The van der Waals surface area contributed by atoms with Crippen LogP contribution in [0.25, 0.3) is 0 Å². The summed E-state index contributed by atoms with van der Waals surface area (Å²) in [5, 5.41) is 0. The van der Waals surface area contributed by atoms with Crippen LogP contribution in [0.3, 0.4) is 0 Å². The highest BCUT2D eigenvalue weighted by Crippen LogP contribution is 2.13. The van der Waals surface area contributed by atoms with Crippen molar-refractivity contribution in [2.45, 2.75) is 33.2 Å². The molecule has 0 fully saturated rings. The predicted octanol–water partition coefficient (Wildman–Crippen LogP) is 1.71. The van der Waals surface area contributed by atoms with Gasteiger partial charge in [-0.3, -0.25) is 4.79 Å². The average molecular weight is 196 g/mol. The van der Waals surface area contributed by atoms with Crippen molar-refractivity contribution in [2.75, 3.05) is 6.61 Å². The van der Waals surface area contributed by atoms with Crippen LogP contribution in [0, 0.1) is 6.92 Å². The minimum absolute atomic E-state index is 0.108. The second kappa shape index (κ2) is 4.79. The number of nitrogens with zero attached hydrogens (tertiary/aromatic N) is 2. The normalized spacial score (nSPS) is 12.5. The molecule has 0 spiro atoms. The second-order valence-electron chi connectivity index (χ2n) is 3.24. The third kappa shape index (κ3) is 2.58. The summed E-state index contributed by atoms with van der Waals surface area (Å²) < 4.78 is 6.85. The molecule has 4 nitrogen and oxygen atoms in total. The number of ether oxygens (including phenoxy) is 1. The predicted molar refractivity (Wildman–Crippen MR) is 52.9 cm³/mol.